The number of nitrogens with zero attached hydrogens (tertiary/aromatic N) is 1. The van der Waals surface area contributed by atoms with Gasteiger partial charge < -0.3 is 15.7 Å². The second kappa shape index (κ2) is 7.58. The lowest BCUT2D eigenvalue weighted by Gasteiger charge is -2.17. The van der Waals surface area contributed by atoms with Crippen molar-refractivity contribution >= 4 is 29.0 Å². The van der Waals surface area contributed by atoms with Gasteiger partial charge in [0, 0.05) is 9.90 Å². The monoisotopic (exact) mass is 339 g/mol. The molecule has 1 aromatic carbocycles. The molecule has 2 aromatic rings. The number of carbonyl (C=O) groups excluding carboxylic acids is 1. The lowest BCUT2D eigenvalue weighted by Crippen LogP contribution is -2.38. The highest BCUT2D eigenvalue weighted by atomic mass is 35.5. The van der Waals surface area contributed by atoms with Crippen molar-refractivity contribution in [3.05, 3.63) is 50.4 Å². The van der Waals surface area contributed by atoms with Gasteiger partial charge in [-0.3, -0.25) is 0 Å². The molecule has 0 aliphatic heterocycles. The lowest BCUT2D eigenvalue weighted by atomic mass is 10.1. The van der Waals surface area contributed by atoms with E-state index < -0.39 is 6.04 Å². The number of halogens is 1. The molecule has 0 bridgehead atoms. The van der Waals surface area contributed by atoms with E-state index in [1.54, 1.807) is 35.6 Å². The van der Waals surface area contributed by atoms with E-state index in [0.717, 1.165) is 21.1 Å². The minimum absolute atomic E-state index is 0.190. The summed E-state index contributed by atoms with van der Waals surface area (Å²) < 4.78 is 0. The van der Waals surface area contributed by atoms with Gasteiger partial charge >= 0.3 is 6.03 Å². The molecule has 0 fully saturated rings. The summed E-state index contributed by atoms with van der Waals surface area (Å²) in [7, 11) is 0. The van der Waals surface area contributed by atoms with Crippen molar-refractivity contribution in [2.45, 2.75) is 26.4 Å². The van der Waals surface area contributed by atoms with Gasteiger partial charge in [-0.05, 0) is 31.5 Å². The van der Waals surface area contributed by atoms with Crippen LogP contribution in [0.5, 0.6) is 0 Å². The maximum atomic E-state index is 11.9. The SMILES string of the molecule is Cc1nc(CNC(=O)NC(CO)c2ccc(Cl)cc2)sc1C. The van der Waals surface area contributed by atoms with Gasteiger partial charge in [0.2, 0.25) is 0 Å². The normalized spacial score (nSPS) is 12.0. The molecular weight excluding hydrogens is 322 g/mol. The Morgan fingerprint density at radius 3 is 2.59 bits per heavy atom. The molecule has 0 aliphatic rings. The first kappa shape index (κ1) is 16.7. The molecule has 1 heterocycles. The fourth-order valence-electron chi connectivity index (χ4n) is 1.91. The molecule has 3 N–H and O–H groups in total. The van der Waals surface area contributed by atoms with E-state index in [0.29, 0.717) is 11.6 Å². The number of nitrogens with one attached hydrogen (secondary N) is 2. The van der Waals surface area contributed by atoms with Gasteiger partial charge in [-0.1, -0.05) is 23.7 Å². The number of hydrogen-bond acceptors (Lipinski definition) is 4. The second-order valence-corrected chi connectivity index (χ2v) is 6.59. The quantitative estimate of drug-likeness (QED) is 0.784. The summed E-state index contributed by atoms with van der Waals surface area (Å²) in [6.07, 6.45) is 0. The zero-order valence-electron chi connectivity index (χ0n) is 12.4. The minimum Gasteiger partial charge on any atom is -0.394 e. The fraction of sp³-hybridized carbons (Fsp3) is 0.333. The first-order valence-corrected chi connectivity index (χ1v) is 8.02. The van der Waals surface area contributed by atoms with E-state index in [-0.39, 0.29) is 12.6 Å². The third-order valence-electron chi connectivity index (χ3n) is 3.23. The van der Waals surface area contributed by atoms with Crippen LogP contribution in [0.15, 0.2) is 24.3 Å². The van der Waals surface area contributed by atoms with Crippen LogP contribution in [0.1, 0.15) is 27.2 Å². The molecule has 1 unspecified atom stereocenters. The predicted molar refractivity (Wildman–Crippen MR) is 88.2 cm³/mol. The predicted octanol–water partition coefficient (Wildman–Crippen LogP) is 2.95. The van der Waals surface area contributed by atoms with E-state index in [2.05, 4.69) is 15.6 Å². The number of aromatic nitrogens is 1. The fourth-order valence-corrected chi connectivity index (χ4v) is 2.91. The summed E-state index contributed by atoms with van der Waals surface area (Å²) in [5, 5.41) is 16.4. The van der Waals surface area contributed by atoms with Crippen molar-refractivity contribution in [1.82, 2.24) is 15.6 Å². The van der Waals surface area contributed by atoms with Crippen molar-refractivity contribution in [3.8, 4) is 0 Å². The summed E-state index contributed by atoms with van der Waals surface area (Å²) in [6, 6.07) is 6.17. The van der Waals surface area contributed by atoms with Crippen LogP contribution in [0, 0.1) is 13.8 Å². The van der Waals surface area contributed by atoms with Gasteiger partial charge in [-0.25, -0.2) is 9.78 Å². The van der Waals surface area contributed by atoms with Gasteiger partial charge in [-0.2, -0.15) is 0 Å². The highest BCUT2D eigenvalue weighted by Crippen LogP contribution is 2.17. The highest BCUT2D eigenvalue weighted by Gasteiger charge is 2.14. The van der Waals surface area contributed by atoms with Gasteiger partial charge in [0.1, 0.15) is 5.01 Å². The summed E-state index contributed by atoms with van der Waals surface area (Å²) >= 11 is 7.39. The van der Waals surface area contributed by atoms with Crippen molar-refractivity contribution in [2.24, 2.45) is 0 Å². The number of amides is 2. The molecule has 1 aromatic heterocycles. The Labute approximate surface area is 138 Å². The number of aliphatic hydroxyl groups excluding tert-OH is 1. The van der Waals surface area contributed by atoms with Crippen LogP contribution < -0.4 is 10.6 Å². The van der Waals surface area contributed by atoms with Crippen molar-refractivity contribution in [3.63, 3.8) is 0 Å². The summed E-state index contributed by atoms with van der Waals surface area (Å²) in [6.45, 7) is 4.12. The maximum absolute atomic E-state index is 11.9. The first-order chi connectivity index (χ1) is 10.5. The van der Waals surface area contributed by atoms with Gasteiger partial charge in [-0.15, -0.1) is 11.3 Å². The number of rotatable bonds is 5. The summed E-state index contributed by atoms with van der Waals surface area (Å²) in [5.74, 6) is 0. The molecule has 2 amide bonds. The van der Waals surface area contributed by atoms with Crippen molar-refractivity contribution in [2.75, 3.05) is 6.61 Å². The Morgan fingerprint density at radius 2 is 2.05 bits per heavy atom. The minimum atomic E-state index is -0.475. The van der Waals surface area contributed by atoms with E-state index in [1.165, 1.54) is 0 Å². The molecule has 0 saturated carbocycles. The van der Waals surface area contributed by atoms with Gasteiger partial charge in [0.15, 0.2) is 0 Å². The molecule has 1 atom stereocenters. The summed E-state index contributed by atoms with van der Waals surface area (Å²) in [5.41, 5.74) is 1.78. The Morgan fingerprint density at radius 1 is 1.36 bits per heavy atom. The molecular formula is C15H18ClN3O2S. The average molecular weight is 340 g/mol. The molecule has 2 rings (SSSR count). The third-order valence-corrected chi connectivity index (χ3v) is 4.56. The molecule has 0 radical (unpaired) electrons. The van der Waals surface area contributed by atoms with Crippen LogP contribution in [0.3, 0.4) is 0 Å². The Hall–Kier alpha value is -1.63. The molecule has 7 heteroatoms. The lowest BCUT2D eigenvalue weighted by molar-refractivity contribution is 0.216. The van der Waals surface area contributed by atoms with E-state index in [4.69, 9.17) is 11.6 Å². The van der Waals surface area contributed by atoms with Crippen LogP contribution in [-0.4, -0.2) is 22.7 Å². The zero-order valence-corrected chi connectivity index (χ0v) is 14.0. The first-order valence-electron chi connectivity index (χ1n) is 6.83. The van der Waals surface area contributed by atoms with Crippen LogP contribution in [-0.2, 0) is 6.54 Å². The number of aliphatic hydroxyl groups is 1. The molecule has 0 saturated heterocycles. The van der Waals surface area contributed by atoms with Crippen LogP contribution in [0.25, 0.3) is 0 Å². The Kier molecular flexibility index (Phi) is 5.76. The van der Waals surface area contributed by atoms with Crippen LogP contribution in [0.4, 0.5) is 4.79 Å². The number of hydrogen-bond donors (Lipinski definition) is 3. The van der Waals surface area contributed by atoms with Crippen molar-refractivity contribution in [1.29, 1.82) is 0 Å². The molecule has 0 spiro atoms. The largest absolute Gasteiger partial charge is 0.394 e. The Balaban J connectivity index is 1.90. The maximum Gasteiger partial charge on any atom is 0.315 e. The topological polar surface area (TPSA) is 74.2 Å². The van der Waals surface area contributed by atoms with Gasteiger partial charge in [0.05, 0.1) is 24.9 Å². The number of urea groups is 1. The molecule has 118 valence electrons. The van der Waals surface area contributed by atoms with Crippen molar-refractivity contribution < 1.29 is 9.90 Å². The third kappa shape index (κ3) is 4.43. The number of thiazole rings is 1. The van der Waals surface area contributed by atoms with Gasteiger partial charge in [0.25, 0.3) is 0 Å². The molecule has 22 heavy (non-hydrogen) atoms. The average Bonchev–Trinajstić information content (AvgIpc) is 2.82. The zero-order chi connectivity index (χ0) is 16.1. The standard InChI is InChI=1S/C15H18ClN3O2S/c1-9-10(2)22-14(18-9)7-17-15(21)19-13(8-20)11-3-5-12(16)6-4-11/h3-6,13,20H,7-8H2,1-2H3,(H2,17,19,21). The van der Waals surface area contributed by atoms with E-state index >= 15 is 0 Å². The second-order valence-electron chi connectivity index (χ2n) is 4.86. The van der Waals surface area contributed by atoms with E-state index in [9.17, 15) is 9.90 Å². The number of carbonyl (C=O) groups is 1. The highest BCUT2D eigenvalue weighted by molar-refractivity contribution is 7.11. The van der Waals surface area contributed by atoms with E-state index in [1.807, 2.05) is 13.8 Å². The Bertz CT molecular complexity index is 623. The molecule has 5 nitrogen and oxygen atoms in total. The number of aryl methyl sites for hydroxylation is 2. The van der Waals surface area contributed by atoms with Crippen LogP contribution >= 0.6 is 22.9 Å². The number of benzene rings is 1. The smallest absolute Gasteiger partial charge is 0.315 e. The molecule has 0 aliphatic carbocycles. The summed E-state index contributed by atoms with van der Waals surface area (Å²) in [4.78, 5) is 17.4. The van der Waals surface area contributed by atoms with Crippen LogP contribution in [0.2, 0.25) is 5.02 Å².